The van der Waals surface area contributed by atoms with Gasteiger partial charge in [0.05, 0.1) is 5.56 Å². The summed E-state index contributed by atoms with van der Waals surface area (Å²) in [5, 5.41) is 11.6. The van der Waals surface area contributed by atoms with Gasteiger partial charge in [0.25, 0.3) is 5.91 Å². The van der Waals surface area contributed by atoms with Crippen LogP contribution in [0, 0.1) is 5.92 Å². The molecule has 0 fully saturated rings. The zero-order valence-electron chi connectivity index (χ0n) is 18.2. The molecule has 0 saturated heterocycles. The summed E-state index contributed by atoms with van der Waals surface area (Å²) in [6, 6.07) is 22.0. The predicted molar refractivity (Wildman–Crippen MR) is 123 cm³/mol. The molecule has 2 N–H and O–H groups in total. The van der Waals surface area contributed by atoms with Gasteiger partial charge in [0.15, 0.2) is 6.61 Å². The second kappa shape index (κ2) is 11.0. The molecule has 0 atom stereocenters. The van der Waals surface area contributed by atoms with Gasteiger partial charge in [-0.25, -0.2) is 4.79 Å². The topological polar surface area (TPSA) is 84.9 Å². The maximum Gasteiger partial charge on any atom is 0.341 e. The van der Waals surface area contributed by atoms with E-state index in [1.54, 1.807) is 48.5 Å². The normalized spacial score (nSPS) is 10.6. The fraction of sp³-hybridized carbons (Fsp3) is 0.231. The first-order valence-corrected chi connectivity index (χ1v) is 10.5. The van der Waals surface area contributed by atoms with Crippen LogP contribution in [0.15, 0.2) is 72.8 Å². The van der Waals surface area contributed by atoms with Crippen LogP contribution >= 0.6 is 0 Å². The summed E-state index contributed by atoms with van der Waals surface area (Å²) in [4.78, 5) is 23.3. The van der Waals surface area contributed by atoms with E-state index in [0.29, 0.717) is 24.0 Å². The number of aliphatic carboxylic acids is 1. The summed E-state index contributed by atoms with van der Waals surface area (Å²) < 4.78 is 11.0. The second-order valence-corrected chi connectivity index (χ2v) is 7.86. The van der Waals surface area contributed by atoms with E-state index >= 15 is 0 Å². The predicted octanol–water partition coefficient (Wildman–Crippen LogP) is 5.18. The molecule has 0 heterocycles. The first-order valence-electron chi connectivity index (χ1n) is 10.5. The second-order valence-electron chi connectivity index (χ2n) is 7.86. The minimum Gasteiger partial charge on any atom is -0.489 e. The average Bonchev–Trinajstić information content (AvgIpc) is 2.78. The molecule has 0 aliphatic heterocycles. The Bertz CT molecular complexity index is 1040. The van der Waals surface area contributed by atoms with Gasteiger partial charge in [-0.1, -0.05) is 50.2 Å². The van der Waals surface area contributed by atoms with Crippen molar-refractivity contribution in [3.8, 4) is 11.5 Å². The van der Waals surface area contributed by atoms with E-state index in [-0.39, 0.29) is 17.2 Å². The molecule has 3 aromatic carbocycles. The first-order chi connectivity index (χ1) is 15.4. The molecule has 0 spiro atoms. The summed E-state index contributed by atoms with van der Waals surface area (Å²) in [5.74, 6) is 0.0384. The number of nitrogens with one attached hydrogen (secondary N) is 1. The highest BCUT2D eigenvalue weighted by molar-refractivity contribution is 6.06. The number of hydrogen-bond donors (Lipinski definition) is 2. The summed E-state index contributed by atoms with van der Waals surface area (Å²) >= 11 is 0. The van der Waals surface area contributed by atoms with E-state index in [4.69, 9.17) is 14.6 Å². The van der Waals surface area contributed by atoms with Crippen LogP contribution in [0.2, 0.25) is 0 Å². The Morgan fingerprint density at radius 3 is 2.19 bits per heavy atom. The van der Waals surface area contributed by atoms with Crippen LogP contribution in [0.4, 0.5) is 5.69 Å². The summed E-state index contributed by atoms with van der Waals surface area (Å²) in [6.07, 6.45) is 1.06. The maximum absolute atomic E-state index is 12.6. The standard InChI is InChI=1S/C26H27NO5/c1-18(2)15-19-7-9-20(10-8-19)16-31-22-13-11-21(12-14-22)27-26(30)23-5-3-4-6-24(23)32-17-25(28)29/h3-14,18H,15-17H2,1-2H3,(H,27,30)(H,28,29). The third-order valence-electron chi connectivity index (χ3n) is 4.67. The van der Waals surface area contributed by atoms with Gasteiger partial charge < -0.3 is 19.9 Å². The van der Waals surface area contributed by atoms with Gasteiger partial charge in [0, 0.05) is 5.69 Å². The fourth-order valence-electron chi connectivity index (χ4n) is 3.16. The summed E-state index contributed by atoms with van der Waals surface area (Å²) in [7, 11) is 0. The molecule has 3 aromatic rings. The molecular weight excluding hydrogens is 406 g/mol. The number of para-hydroxylation sites is 1. The van der Waals surface area contributed by atoms with Crippen LogP contribution in [0.25, 0.3) is 0 Å². The highest BCUT2D eigenvalue weighted by Crippen LogP contribution is 2.22. The van der Waals surface area contributed by atoms with Crippen molar-refractivity contribution in [1.82, 2.24) is 0 Å². The molecule has 32 heavy (non-hydrogen) atoms. The number of carbonyl (C=O) groups is 2. The molecule has 1 amide bonds. The Morgan fingerprint density at radius 1 is 0.875 bits per heavy atom. The number of anilines is 1. The third kappa shape index (κ3) is 6.87. The monoisotopic (exact) mass is 433 g/mol. The van der Waals surface area contributed by atoms with E-state index in [2.05, 4.69) is 43.4 Å². The lowest BCUT2D eigenvalue weighted by molar-refractivity contribution is -0.139. The number of carboxylic acids is 1. The van der Waals surface area contributed by atoms with Gasteiger partial charge >= 0.3 is 5.97 Å². The van der Waals surface area contributed by atoms with E-state index in [0.717, 1.165) is 12.0 Å². The van der Waals surface area contributed by atoms with Gasteiger partial charge in [-0.15, -0.1) is 0 Å². The Hall–Kier alpha value is -3.80. The minimum absolute atomic E-state index is 0.215. The van der Waals surface area contributed by atoms with Crippen LogP contribution in [-0.2, 0) is 17.8 Å². The van der Waals surface area contributed by atoms with Crippen molar-refractivity contribution < 1.29 is 24.2 Å². The molecule has 0 aliphatic carbocycles. The van der Waals surface area contributed by atoms with Crippen LogP contribution in [-0.4, -0.2) is 23.6 Å². The number of carbonyl (C=O) groups excluding carboxylic acids is 1. The number of benzene rings is 3. The van der Waals surface area contributed by atoms with Gasteiger partial charge in [0.2, 0.25) is 0 Å². The molecule has 0 saturated carbocycles. The Labute approximate surface area is 187 Å². The van der Waals surface area contributed by atoms with Gasteiger partial charge in [-0.05, 0) is 59.9 Å². The number of carboxylic acid groups (broad SMARTS) is 1. The molecule has 0 radical (unpaired) electrons. The lowest BCUT2D eigenvalue weighted by Gasteiger charge is -2.11. The van der Waals surface area contributed by atoms with Crippen molar-refractivity contribution in [2.45, 2.75) is 26.9 Å². The molecule has 3 rings (SSSR count). The summed E-state index contributed by atoms with van der Waals surface area (Å²) in [6.45, 7) is 4.35. The molecule has 6 nitrogen and oxygen atoms in total. The fourth-order valence-corrected chi connectivity index (χ4v) is 3.16. The van der Waals surface area contributed by atoms with Crippen molar-refractivity contribution >= 4 is 17.6 Å². The molecule has 0 aliphatic rings. The number of ether oxygens (including phenoxy) is 2. The van der Waals surface area contributed by atoms with Crippen LogP contribution < -0.4 is 14.8 Å². The van der Waals surface area contributed by atoms with Crippen LogP contribution in [0.3, 0.4) is 0 Å². The number of hydrogen-bond acceptors (Lipinski definition) is 4. The van der Waals surface area contributed by atoms with Crippen LogP contribution in [0.1, 0.15) is 35.3 Å². The minimum atomic E-state index is -1.11. The van der Waals surface area contributed by atoms with Crippen molar-refractivity contribution in [2.24, 2.45) is 5.92 Å². The smallest absolute Gasteiger partial charge is 0.341 e. The van der Waals surface area contributed by atoms with Crippen molar-refractivity contribution in [1.29, 1.82) is 0 Å². The van der Waals surface area contributed by atoms with E-state index in [1.807, 2.05) is 0 Å². The zero-order valence-corrected chi connectivity index (χ0v) is 18.2. The Kier molecular flexibility index (Phi) is 7.86. The van der Waals surface area contributed by atoms with Crippen molar-refractivity contribution in [2.75, 3.05) is 11.9 Å². The van der Waals surface area contributed by atoms with E-state index < -0.39 is 12.6 Å². The lowest BCUT2D eigenvalue weighted by atomic mass is 10.0. The molecule has 0 bridgehead atoms. The third-order valence-corrected chi connectivity index (χ3v) is 4.67. The van der Waals surface area contributed by atoms with Gasteiger partial charge in [0.1, 0.15) is 18.1 Å². The van der Waals surface area contributed by atoms with E-state index in [1.165, 1.54) is 5.56 Å². The Balaban J connectivity index is 1.56. The van der Waals surface area contributed by atoms with Crippen LogP contribution in [0.5, 0.6) is 11.5 Å². The highest BCUT2D eigenvalue weighted by atomic mass is 16.5. The van der Waals surface area contributed by atoms with E-state index in [9.17, 15) is 9.59 Å². The quantitative estimate of drug-likeness (QED) is 0.460. The van der Waals surface area contributed by atoms with Crippen molar-refractivity contribution in [3.05, 3.63) is 89.5 Å². The molecule has 6 heteroatoms. The average molecular weight is 434 g/mol. The number of rotatable bonds is 10. The lowest BCUT2D eigenvalue weighted by Crippen LogP contribution is -2.16. The molecule has 0 aromatic heterocycles. The van der Waals surface area contributed by atoms with Gasteiger partial charge in [-0.3, -0.25) is 4.79 Å². The number of amides is 1. The highest BCUT2D eigenvalue weighted by Gasteiger charge is 2.13. The van der Waals surface area contributed by atoms with Gasteiger partial charge in [-0.2, -0.15) is 0 Å². The SMILES string of the molecule is CC(C)Cc1ccc(COc2ccc(NC(=O)c3ccccc3OCC(=O)O)cc2)cc1. The maximum atomic E-state index is 12.6. The zero-order chi connectivity index (χ0) is 22.9. The first kappa shape index (κ1) is 22.9. The largest absolute Gasteiger partial charge is 0.489 e. The Morgan fingerprint density at radius 2 is 1.53 bits per heavy atom. The molecule has 166 valence electrons. The molecule has 0 unspecified atom stereocenters. The molecular formula is C26H27NO5. The summed E-state index contributed by atoms with van der Waals surface area (Å²) in [5.41, 5.74) is 3.26. The van der Waals surface area contributed by atoms with Crippen molar-refractivity contribution in [3.63, 3.8) is 0 Å².